The molecule has 0 aromatic carbocycles. The minimum absolute atomic E-state index is 0.0216. The maximum absolute atomic E-state index is 5.77. The molecule has 2 unspecified atom stereocenters. The number of aryl methyl sites for hydroxylation is 1. The maximum Gasteiger partial charge on any atom is 0.0735 e. The first-order valence-electron chi connectivity index (χ1n) is 6.31. The van der Waals surface area contributed by atoms with E-state index in [-0.39, 0.29) is 12.0 Å². The minimum Gasteiger partial charge on any atom is -0.271 e. The Morgan fingerprint density at radius 2 is 2.05 bits per heavy atom. The maximum atomic E-state index is 5.77. The van der Waals surface area contributed by atoms with Crippen LogP contribution in [0.2, 0.25) is 0 Å². The highest BCUT2D eigenvalue weighted by Gasteiger charge is 2.32. The molecule has 2 heterocycles. The predicted molar refractivity (Wildman–Crippen MR) is 77.3 cm³/mol. The summed E-state index contributed by atoms with van der Waals surface area (Å²) in [5.74, 6) is 6.04. The highest BCUT2D eigenvalue weighted by atomic mass is 79.9. The monoisotopic (exact) mass is 318 g/mol. The van der Waals surface area contributed by atoms with Crippen LogP contribution in [0.4, 0.5) is 0 Å². The number of rotatable bonds is 3. The van der Waals surface area contributed by atoms with Gasteiger partial charge >= 0.3 is 0 Å². The van der Waals surface area contributed by atoms with Gasteiger partial charge in [0.05, 0.1) is 11.7 Å². The van der Waals surface area contributed by atoms with Gasteiger partial charge in [0, 0.05) is 28.5 Å². The Morgan fingerprint density at radius 3 is 2.84 bits per heavy atom. The Morgan fingerprint density at radius 1 is 1.26 bits per heavy atom. The van der Waals surface area contributed by atoms with E-state index in [1.54, 1.807) is 6.20 Å². The third-order valence-electron chi connectivity index (χ3n) is 3.67. The van der Waals surface area contributed by atoms with Crippen LogP contribution in [0, 0.1) is 0 Å². The van der Waals surface area contributed by atoms with Gasteiger partial charge in [-0.2, -0.15) is 0 Å². The number of pyridine rings is 2. The third kappa shape index (κ3) is 2.29. The Labute approximate surface area is 120 Å². The van der Waals surface area contributed by atoms with E-state index in [1.807, 2.05) is 24.4 Å². The lowest BCUT2D eigenvalue weighted by Gasteiger charge is -2.23. The van der Waals surface area contributed by atoms with Crippen LogP contribution >= 0.6 is 15.9 Å². The van der Waals surface area contributed by atoms with Gasteiger partial charge < -0.3 is 0 Å². The summed E-state index contributed by atoms with van der Waals surface area (Å²) in [6.07, 6.45) is 5.73. The number of aromatic nitrogens is 2. The molecule has 2 atom stereocenters. The topological polar surface area (TPSA) is 63.8 Å². The molecule has 19 heavy (non-hydrogen) atoms. The van der Waals surface area contributed by atoms with Crippen LogP contribution in [0.3, 0.4) is 0 Å². The standard InChI is InChI=1S/C14H15BrN4/c15-11-4-2-8-18-14(11)13(19-16)10-6-5-9-3-1-7-17-12(9)10/h1-4,7-8,10,13,19H,5-6,16H2. The van der Waals surface area contributed by atoms with Crippen LogP contribution in [-0.2, 0) is 6.42 Å². The van der Waals surface area contributed by atoms with E-state index >= 15 is 0 Å². The van der Waals surface area contributed by atoms with Crippen molar-refractivity contribution in [2.75, 3.05) is 0 Å². The van der Waals surface area contributed by atoms with Crippen LogP contribution in [0.25, 0.3) is 0 Å². The first kappa shape index (κ1) is 12.7. The van der Waals surface area contributed by atoms with Gasteiger partial charge in [0.15, 0.2) is 0 Å². The first-order chi connectivity index (χ1) is 9.31. The first-order valence-corrected chi connectivity index (χ1v) is 7.11. The highest BCUT2D eigenvalue weighted by molar-refractivity contribution is 9.10. The second-order valence-electron chi connectivity index (χ2n) is 4.71. The van der Waals surface area contributed by atoms with Crippen molar-refractivity contribution in [2.45, 2.75) is 24.8 Å². The fraction of sp³-hybridized carbons (Fsp3) is 0.286. The van der Waals surface area contributed by atoms with Crippen molar-refractivity contribution in [3.63, 3.8) is 0 Å². The van der Waals surface area contributed by atoms with Crippen molar-refractivity contribution in [1.29, 1.82) is 0 Å². The molecule has 0 bridgehead atoms. The smallest absolute Gasteiger partial charge is 0.0735 e. The molecule has 1 aliphatic carbocycles. The van der Waals surface area contributed by atoms with Crippen LogP contribution in [0.5, 0.6) is 0 Å². The van der Waals surface area contributed by atoms with Crippen molar-refractivity contribution in [3.8, 4) is 0 Å². The average molecular weight is 319 g/mol. The van der Waals surface area contributed by atoms with Gasteiger partial charge in [-0.1, -0.05) is 6.07 Å². The molecule has 1 aliphatic rings. The van der Waals surface area contributed by atoms with Crippen LogP contribution in [0.15, 0.2) is 41.1 Å². The zero-order valence-corrected chi connectivity index (χ0v) is 12.0. The molecule has 0 aliphatic heterocycles. The molecule has 98 valence electrons. The molecule has 5 heteroatoms. The lowest BCUT2D eigenvalue weighted by atomic mass is 9.94. The van der Waals surface area contributed by atoms with Crippen LogP contribution in [-0.4, -0.2) is 9.97 Å². The van der Waals surface area contributed by atoms with E-state index in [9.17, 15) is 0 Å². The molecule has 3 N–H and O–H groups in total. The summed E-state index contributed by atoms with van der Waals surface area (Å²) in [7, 11) is 0. The molecule has 0 amide bonds. The fourth-order valence-corrected chi connectivity index (χ4v) is 3.28. The number of nitrogens with one attached hydrogen (secondary N) is 1. The number of hydrazine groups is 1. The lowest BCUT2D eigenvalue weighted by Crippen LogP contribution is -2.33. The number of hydrogen-bond donors (Lipinski definition) is 2. The van der Waals surface area contributed by atoms with E-state index in [2.05, 4.69) is 37.4 Å². The molecule has 0 saturated heterocycles. The Kier molecular flexibility index (Phi) is 3.59. The number of halogens is 1. The van der Waals surface area contributed by atoms with E-state index < -0.39 is 0 Å². The van der Waals surface area contributed by atoms with Gasteiger partial charge in [-0.3, -0.25) is 21.2 Å². The Bertz CT molecular complexity index is 587. The molecular formula is C14H15BrN4. The average Bonchev–Trinajstić information content (AvgIpc) is 2.86. The molecule has 2 aromatic heterocycles. The molecule has 4 nitrogen and oxygen atoms in total. The summed E-state index contributed by atoms with van der Waals surface area (Å²) in [6.45, 7) is 0. The fourth-order valence-electron chi connectivity index (χ4n) is 2.78. The molecule has 2 aromatic rings. The highest BCUT2D eigenvalue weighted by Crippen LogP contribution is 2.40. The summed E-state index contributed by atoms with van der Waals surface area (Å²) in [4.78, 5) is 8.98. The summed E-state index contributed by atoms with van der Waals surface area (Å²) in [6, 6.07) is 8.00. The predicted octanol–water partition coefficient (Wildman–Crippen LogP) is 2.47. The van der Waals surface area contributed by atoms with Gasteiger partial charge in [0.2, 0.25) is 0 Å². The van der Waals surface area contributed by atoms with E-state index in [4.69, 9.17) is 5.84 Å². The lowest BCUT2D eigenvalue weighted by molar-refractivity contribution is 0.436. The van der Waals surface area contributed by atoms with Crippen molar-refractivity contribution < 1.29 is 0 Å². The van der Waals surface area contributed by atoms with Gasteiger partial charge in [0.1, 0.15) is 0 Å². The van der Waals surface area contributed by atoms with Gasteiger partial charge in [-0.25, -0.2) is 0 Å². The second-order valence-corrected chi connectivity index (χ2v) is 5.56. The SMILES string of the molecule is NNC(c1ncccc1Br)C1CCc2cccnc21. The number of fused-ring (bicyclic) bond motifs is 1. The van der Waals surface area contributed by atoms with E-state index in [1.165, 1.54) is 5.56 Å². The molecule has 3 rings (SSSR count). The van der Waals surface area contributed by atoms with Crippen molar-refractivity contribution >= 4 is 15.9 Å². The van der Waals surface area contributed by atoms with E-state index in [0.717, 1.165) is 28.7 Å². The minimum atomic E-state index is -0.0216. The molecular weight excluding hydrogens is 304 g/mol. The summed E-state index contributed by atoms with van der Waals surface area (Å²) >= 11 is 3.55. The molecule has 0 fully saturated rings. The Balaban J connectivity index is 1.99. The van der Waals surface area contributed by atoms with Crippen molar-refractivity contribution in [3.05, 3.63) is 58.1 Å². The zero-order chi connectivity index (χ0) is 13.2. The largest absolute Gasteiger partial charge is 0.271 e. The number of hydrogen-bond acceptors (Lipinski definition) is 4. The summed E-state index contributed by atoms with van der Waals surface area (Å²) < 4.78 is 0.974. The van der Waals surface area contributed by atoms with Gasteiger partial charge in [0.25, 0.3) is 0 Å². The normalized spacial score (nSPS) is 19.2. The van der Waals surface area contributed by atoms with Crippen LogP contribution in [0.1, 0.15) is 35.3 Å². The molecule has 0 spiro atoms. The summed E-state index contributed by atoms with van der Waals surface area (Å²) in [5, 5.41) is 0. The van der Waals surface area contributed by atoms with Crippen LogP contribution < -0.4 is 11.3 Å². The van der Waals surface area contributed by atoms with Gasteiger partial charge in [-0.05, 0) is 52.5 Å². The zero-order valence-electron chi connectivity index (χ0n) is 10.4. The quantitative estimate of drug-likeness (QED) is 0.674. The third-order valence-corrected chi connectivity index (χ3v) is 4.34. The molecule has 0 saturated carbocycles. The second kappa shape index (κ2) is 5.36. The Hall–Kier alpha value is -1.30. The van der Waals surface area contributed by atoms with Crippen molar-refractivity contribution in [1.82, 2.24) is 15.4 Å². The summed E-state index contributed by atoms with van der Waals surface area (Å²) in [5.41, 5.74) is 6.31. The van der Waals surface area contributed by atoms with Gasteiger partial charge in [-0.15, -0.1) is 0 Å². The number of nitrogens with zero attached hydrogens (tertiary/aromatic N) is 2. The number of nitrogens with two attached hydrogens (primary N) is 1. The molecule has 0 radical (unpaired) electrons. The van der Waals surface area contributed by atoms with E-state index in [0.29, 0.717) is 0 Å². The van der Waals surface area contributed by atoms with Crippen molar-refractivity contribution in [2.24, 2.45) is 5.84 Å².